The largest absolute Gasteiger partial charge is 0.367 e. The van der Waals surface area contributed by atoms with E-state index in [0.29, 0.717) is 26.1 Å². The number of hydrogen-bond acceptors (Lipinski definition) is 3. The van der Waals surface area contributed by atoms with Crippen molar-refractivity contribution in [3.63, 3.8) is 0 Å². The third-order valence-corrected chi connectivity index (χ3v) is 2.76. The third kappa shape index (κ3) is 4.14. The molecule has 0 saturated heterocycles. The normalized spacial score (nSPS) is 10.2. The molecule has 0 unspecified atom stereocenters. The van der Waals surface area contributed by atoms with Gasteiger partial charge in [0.25, 0.3) is 0 Å². The molecule has 6 heteroatoms. The Balaban J connectivity index is 2.44. The summed E-state index contributed by atoms with van der Waals surface area (Å²) in [5.41, 5.74) is 0. The van der Waals surface area contributed by atoms with Crippen molar-refractivity contribution in [1.29, 1.82) is 0 Å². The van der Waals surface area contributed by atoms with E-state index in [-0.39, 0.29) is 16.7 Å². The van der Waals surface area contributed by atoms with Gasteiger partial charge < -0.3 is 10.2 Å². The first-order valence-electron chi connectivity index (χ1n) is 5.91. The van der Waals surface area contributed by atoms with E-state index in [2.05, 4.69) is 10.3 Å². The molecule has 18 heavy (non-hydrogen) atoms. The Morgan fingerprint density at radius 2 is 2.17 bits per heavy atom. The number of carbonyl (C=O) groups is 1. The van der Waals surface area contributed by atoms with Crippen molar-refractivity contribution in [2.45, 2.75) is 20.3 Å². The van der Waals surface area contributed by atoms with Gasteiger partial charge in [-0.05, 0) is 19.9 Å². The van der Waals surface area contributed by atoms with Crippen LogP contribution in [0.4, 0.5) is 10.2 Å². The maximum Gasteiger partial charge on any atom is 0.224 e. The molecule has 100 valence electrons. The molecule has 1 aromatic rings. The number of rotatable bonds is 6. The molecule has 0 radical (unpaired) electrons. The highest BCUT2D eigenvalue weighted by Crippen LogP contribution is 2.15. The quantitative estimate of drug-likeness (QED) is 0.866. The summed E-state index contributed by atoms with van der Waals surface area (Å²) in [6, 6.07) is 1.18. The summed E-state index contributed by atoms with van der Waals surface area (Å²) in [5.74, 6) is -0.355. The van der Waals surface area contributed by atoms with Gasteiger partial charge in [0.05, 0.1) is 5.02 Å². The number of amides is 1. The number of pyridine rings is 1. The van der Waals surface area contributed by atoms with E-state index < -0.39 is 5.82 Å². The Labute approximate surface area is 111 Å². The Hall–Kier alpha value is -1.36. The van der Waals surface area contributed by atoms with Crippen LogP contribution in [-0.2, 0) is 4.79 Å². The van der Waals surface area contributed by atoms with Gasteiger partial charge in [0.15, 0.2) is 11.6 Å². The summed E-state index contributed by atoms with van der Waals surface area (Å²) in [6.07, 6.45) is 1.67. The van der Waals surface area contributed by atoms with Gasteiger partial charge in [0, 0.05) is 32.3 Å². The van der Waals surface area contributed by atoms with Crippen molar-refractivity contribution in [2.24, 2.45) is 0 Å². The monoisotopic (exact) mass is 273 g/mol. The zero-order valence-corrected chi connectivity index (χ0v) is 11.3. The van der Waals surface area contributed by atoms with Crippen LogP contribution in [0, 0.1) is 5.82 Å². The van der Waals surface area contributed by atoms with E-state index in [1.54, 1.807) is 4.90 Å². The van der Waals surface area contributed by atoms with Crippen LogP contribution in [0.25, 0.3) is 0 Å². The summed E-state index contributed by atoms with van der Waals surface area (Å²) in [7, 11) is 0. The van der Waals surface area contributed by atoms with Crippen molar-refractivity contribution in [1.82, 2.24) is 9.88 Å². The fourth-order valence-corrected chi connectivity index (χ4v) is 1.71. The lowest BCUT2D eigenvalue weighted by Gasteiger charge is -2.18. The molecule has 1 aromatic heterocycles. The Morgan fingerprint density at radius 1 is 1.50 bits per heavy atom. The van der Waals surface area contributed by atoms with E-state index in [9.17, 15) is 9.18 Å². The van der Waals surface area contributed by atoms with Crippen LogP contribution in [-0.4, -0.2) is 35.4 Å². The second-order valence-corrected chi connectivity index (χ2v) is 4.16. The predicted molar refractivity (Wildman–Crippen MR) is 70.2 cm³/mol. The molecule has 1 heterocycles. The lowest BCUT2D eigenvalue weighted by molar-refractivity contribution is -0.130. The van der Waals surface area contributed by atoms with Gasteiger partial charge in [0.2, 0.25) is 5.91 Å². The third-order valence-electron chi connectivity index (χ3n) is 2.56. The van der Waals surface area contributed by atoms with Gasteiger partial charge in [0.1, 0.15) is 0 Å². The molecule has 0 atom stereocenters. The summed E-state index contributed by atoms with van der Waals surface area (Å²) >= 11 is 5.59. The van der Waals surface area contributed by atoms with Crippen LogP contribution < -0.4 is 5.32 Å². The SMILES string of the molecule is CCN(CC)C(=O)CCNc1ncc(Cl)cc1F. The average molecular weight is 274 g/mol. The van der Waals surface area contributed by atoms with Crippen molar-refractivity contribution in [3.05, 3.63) is 23.1 Å². The fourth-order valence-electron chi connectivity index (χ4n) is 1.57. The van der Waals surface area contributed by atoms with E-state index in [0.717, 1.165) is 0 Å². The molecule has 0 fully saturated rings. The molecule has 1 N–H and O–H groups in total. The molecule has 1 rings (SSSR count). The second-order valence-electron chi connectivity index (χ2n) is 3.73. The number of hydrogen-bond donors (Lipinski definition) is 1. The lowest BCUT2D eigenvalue weighted by atomic mass is 10.3. The minimum Gasteiger partial charge on any atom is -0.367 e. The molecule has 4 nitrogen and oxygen atoms in total. The lowest BCUT2D eigenvalue weighted by Crippen LogP contribution is -2.31. The minimum absolute atomic E-state index is 0.0434. The Kier molecular flexibility index (Phi) is 5.85. The number of nitrogens with one attached hydrogen (secondary N) is 1. The molecular weight excluding hydrogens is 257 g/mol. The van der Waals surface area contributed by atoms with E-state index >= 15 is 0 Å². The maximum atomic E-state index is 13.4. The molecule has 0 aliphatic carbocycles. The molecule has 0 aliphatic heterocycles. The summed E-state index contributed by atoms with van der Waals surface area (Å²) in [5, 5.41) is 3.03. The topological polar surface area (TPSA) is 45.2 Å². The van der Waals surface area contributed by atoms with E-state index in [4.69, 9.17) is 11.6 Å². The molecule has 0 spiro atoms. The average Bonchev–Trinajstić information content (AvgIpc) is 2.33. The number of anilines is 1. The highest BCUT2D eigenvalue weighted by Gasteiger charge is 2.10. The Bertz CT molecular complexity index is 410. The molecule has 0 bridgehead atoms. The first-order valence-corrected chi connectivity index (χ1v) is 6.29. The van der Waals surface area contributed by atoms with Crippen molar-refractivity contribution < 1.29 is 9.18 Å². The first-order chi connectivity index (χ1) is 8.58. The fraction of sp³-hybridized carbons (Fsp3) is 0.500. The van der Waals surface area contributed by atoms with Crippen LogP contribution in [0.1, 0.15) is 20.3 Å². The van der Waals surface area contributed by atoms with Gasteiger partial charge in [-0.1, -0.05) is 11.6 Å². The standard InChI is InChI=1S/C12H17ClFN3O/c1-3-17(4-2)11(18)5-6-15-12-10(14)7-9(13)8-16-12/h7-8H,3-6H2,1-2H3,(H,15,16). The second kappa shape index (κ2) is 7.16. The summed E-state index contributed by atoms with van der Waals surface area (Å²) < 4.78 is 13.4. The van der Waals surface area contributed by atoms with E-state index in [1.165, 1.54) is 12.3 Å². The molecule has 1 amide bonds. The zero-order valence-electron chi connectivity index (χ0n) is 10.5. The van der Waals surface area contributed by atoms with Crippen molar-refractivity contribution in [3.8, 4) is 0 Å². The van der Waals surface area contributed by atoms with Gasteiger partial charge in [-0.25, -0.2) is 9.37 Å². The number of aromatic nitrogens is 1. The van der Waals surface area contributed by atoms with Crippen LogP contribution in [0.5, 0.6) is 0 Å². The minimum atomic E-state index is -0.516. The molecular formula is C12H17ClFN3O. The first kappa shape index (κ1) is 14.7. The summed E-state index contributed by atoms with van der Waals surface area (Å²) in [6.45, 7) is 5.57. The number of nitrogens with zero attached hydrogens (tertiary/aromatic N) is 2. The van der Waals surface area contributed by atoms with Crippen LogP contribution in [0.3, 0.4) is 0 Å². The van der Waals surface area contributed by atoms with Gasteiger partial charge in [-0.3, -0.25) is 4.79 Å². The predicted octanol–water partition coefficient (Wildman–Crippen LogP) is 2.54. The van der Waals surface area contributed by atoms with Crippen LogP contribution in [0.2, 0.25) is 5.02 Å². The van der Waals surface area contributed by atoms with Crippen molar-refractivity contribution >= 4 is 23.3 Å². The van der Waals surface area contributed by atoms with Gasteiger partial charge in [-0.2, -0.15) is 0 Å². The van der Waals surface area contributed by atoms with Crippen LogP contribution >= 0.6 is 11.6 Å². The van der Waals surface area contributed by atoms with Gasteiger partial charge >= 0.3 is 0 Å². The molecule has 0 aliphatic rings. The Morgan fingerprint density at radius 3 is 2.72 bits per heavy atom. The van der Waals surface area contributed by atoms with Crippen molar-refractivity contribution in [2.75, 3.05) is 25.0 Å². The number of halogens is 2. The van der Waals surface area contributed by atoms with Gasteiger partial charge in [-0.15, -0.1) is 0 Å². The molecule has 0 aromatic carbocycles. The zero-order chi connectivity index (χ0) is 13.5. The molecule has 0 saturated carbocycles. The highest BCUT2D eigenvalue weighted by molar-refractivity contribution is 6.30. The number of carbonyl (C=O) groups excluding carboxylic acids is 1. The summed E-state index contributed by atoms with van der Waals surface area (Å²) in [4.78, 5) is 17.2. The maximum absolute atomic E-state index is 13.4. The smallest absolute Gasteiger partial charge is 0.224 e. The van der Waals surface area contributed by atoms with Crippen LogP contribution in [0.15, 0.2) is 12.3 Å². The highest BCUT2D eigenvalue weighted by atomic mass is 35.5. The van der Waals surface area contributed by atoms with E-state index in [1.807, 2.05) is 13.8 Å².